The molecule has 12 nitrogen and oxygen atoms in total. The Balaban J connectivity index is 1.19. The van der Waals surface area contributed by atoms with Gasteiger partial charge in [0.15, 0.2) is 0 Å². The number of amides is 3. The molecule has 2 saturated carbocycles. The summed E-state index contributed by atoms with van der Waals surface area (Å²) in [7, 11) is -2.22. The first-order chi connectivity index (χ1) is 23.6. The molecule has 4 fully saturated rings. The number of carbonyl (C=O) groups is 3. The summed E-state index contributed by atoms with van der Waals surface area (Å²) in [5.41, 5.74) is 7.32. The summed E-state index contributed by atoms with van der Waals surface area (Å²) in [4.78, 5) is 47.9. The molecule has 7 rings (SSSR count). The molecule has 1 unspecified atom stereocenters. The highest BCUT2D eigenvalue weighted by Crippen LogP contribution is 2.48. The van der Waals surface area contributed by atoms with Gasteiger partial charge in [-0.25, -0.2) is 13.4 Å². The van der Waals surface area contributed by atoms with E-state index in [1.54, 1.807) is 7.11 Å². The normalized spacial score (nSPS) is 27.8. The lowest BCUT2D eigenvalue weighted by Gasteiger charge is -2.28. The number of carbonyl (C=O) groups excluding carboxylic acids is 3. The van der Waals surface area contributed by atoms with Crippen molar-refractivity contribution in [3.05, 3.63) is 54.6 Å². The van der Waals surface area contributed by atoms with Gasteiger partial charge >= 0.3 is 0 Å². The van der Waals surface area contributed by atoms with Crippen LogP contribution in [0.1, 0.15) is 64.2 Å². The number of nitrogens with one attached hydrogen (secondary N) is 2. The molecule has 13 heteroatoms. The quantitative estimate of drug-likeness (QED) is 0.337. The maximum Gasteiger partial charge on any atom is 0.259 e. The van der Waals surface area contributed by atoms with Crippen molar-refractivity contribution in [1.29, 1.82) is 0 Å². The Hall–Kier alpha value is -4.23. The van der Waals surface area contributed by atoms with Gasteiger partial charge in [-0.1, -0.05) is 56.0 Å². The fourth-order valence-corrected chi connectivity index (χ4v) is 8.67. The first-order valence-electron chi connectivity index (χ1n) is 17.2. The van der Waals surface area contributed by atoms with Crippen LogP contribution in [0.3, 0.4) is 0 Å². The standard InChI is InChI=1S/C36H43N5O7S/c1-47-24-13-16-27-30(17-24)38-29(22-9-5-4-6-10-22)19-32(27)48-25-18-31-33(42)39-36(35(44)40-49(45,46)26-14-15-26)20-23(36)11-7-2-3-8-12-28(37)34(43)41(31)21-25/h4-6,9-10,13,16-17,19,23,25-26,28,31H,2-3,7-8,11-12,14-15,18,20-21,37H2,1H3,(H,39,42)(H,40,44)/t23?,25-,28+,31+,36-/m1/s1. The summed E-state index contributed by atoms with van der Waals surface area (Å²) >= 11 is 0. The third-order valence-electron chi connectivity index (χ3n) is 10.4. The summed E-state index contributed by atoms with van der Waals surface area (Å²) in [6, 6.07) is 15.4. The average Bonchev–Trinajstić information content (AvgIpc) is 4.02. The lowest BCUT2D eigenvalue weighted by molar-refractivity contribution is -0.140. The van der Waals surface area contributed by atoms with Crippen LogP contribution in [0.2, 0.25) is 0 Å². The van der Waals surface area contributed by atoms with Gasteiger partial charge in [0.05, 0.1) is 36.2 Å². The molecule has 4 N–H and O–H groups in total. The number of nitrogens with two attached hydrogens (primary N) is 1. The van der Waals surface area contributed by atoms with Crippen molar-refractivity contribution in [2.45, 2.75) is 93.2 Å². The van der Waals surface area contributed by atoms with Crippen LogP contribution in [0.4, 0.5) is 0 Å². The molecular weight excluding hydrogens is 646 g/mol. The third kappa shape index (κ3) is 6.83. The number of benzene rings is 2. The Morgan fingerprint density at radius 3 is 2.51 bits per heavy atom. The molecule has 3 aromatic rings. The number of sulfonamides is 1. The number of pyridine rings is 1. The second-order valence-electron chi connectivity index (χ2n) is 13.9. The van der Waals surface area contributed by atoms with E-state index in [2.05, 4.69) is 10.0 Å². The zero-order valence-electron chi connectivity index (χ0n) is 27.6. The Labute approximate surface area is 286 Å². The van der Waals surface area contributed by atoms with E-state index in [-0.39, 0.29) is 24.8 Å². The molecule has 2 aromatic carbocycles. The molecule has 0 spiro atoms. The van der Waals surface area contributed by atoms with Gasteiger partial charge in [-0.2, -0.15) is 0 Å². The minimum absolute atomic E-state index is 0.115. The molecule has 0 radical (unpaired) electrons. The highest BCUT2D eigenvalue weighted by Gasteiger charge is 2.62. The van der Waals surface area contributed by atoms with Gasteiger partial charge in [0.2, 0.25) is 21.8 Å². The average molecular weight is 690 g/mol. The number of ether oxygens (including phenoxy) is 2. The van der Waals surface area contributed by atoms with Gasteiger partial charge < -0.3 is 25.4 Å². The predicted octanol–water partition coefficient (Wildman–Crippen LogP) is 3.42. The Morgan fingerprint density at radius 1 is 1.02 bits per heavy atom. The SMILES string of the molecule is COc1ccc2c(O[C@@H]3C[C@H]4C(=O)N[C@]5(C(=O)NS(=O)(=O)C6CC6)CC5CCCCCC[C@H](N)C(=O)N4C3)cc(-c3ccccc3)nc2c1. The minimum Gasteiger partial charge on any atom is -0.497 e. The van der Waals surface area contributed by atoms with Gasteiger partial charge in [0.1, 0.15) is 29.2 Å². The number of fused-ring (bicyclic) bond motifs is 3. The Kier molecular flexibility index (Phi) is 8.99. The molecule has 3 amide bonds. The van der Waals surface area contributed by atoms with Crippen molar-refractivity contribution in [1.82, 2.24) is 19.9 Å². The van der Waals surface area contributed by atoms with Crippen LogP contribution < -0.4 is 25.2 Å². The molecule has 260 valence electrons. The van der Waals surface area contributed by atoms with Crippen LogP contribution in [0, 0.1) is 5.92 Å². The zero-order chi connectivity index (χ0) is 34.3. The Morgan fingerprint density at radius 2 is 1.78 bits per heavy atom. The van der Waals surface area contributed by atoms with Crippen LogP contribution in [0.5, 0.6) is 11.5 Å². The summed E-state index contributed by atoms with van der Waals surface area (Å²) < 4.78 is 39.8. The topological polar surface area (TPSA) is 170 Å². The van der Waals surface area contributed by atoms with Crippen LogP contribution in [-0.4, -0.2) is 78.7 Å². The van der Waals surface area contributed by atoms with E-state index in [4.69, 9.17) is 20.2 Å². The van der Waals surface area contributed by atoms with Crippen molar-refractivity contribution in [2.75, 3.05) is 13.7 Å². The lowest BCUT2D eigenvalue weighted by Crippen LogP contribution is -2.57. The highest BCUT2D eigenvalue weighted by atomic mass is 32.2. The van der Waals surface area contributed by atoms with Gasteiger partial charge in [-0.3, -0.25) is 19.1 Å². The van der Waals surface area contributed by atoms with E-state index in [0.717, 1.165) is 36.6 Å². The van der Waals surface area contributed by atoms with Crippen molar-refractivity contribution in [2.24, 2.45) is 11.7 Å². The van der Waals surface area contributed by atoms with E-state index in [9.17, 15) is 22.8 Å². The first kappa shape index (κ1) is 33.3. The van der Waals surface area contributed by atoms with E-state index in [1.165, 1.54) is 4.90 Å². The third-order valence-corrected chi connectivity index (χ3v) is 12.2. The molecule has 2 saturated heterocycles. The minimum atomic E-state index is -3.81. The smallest absolute Gasteiger partial charge is 0.259 e. The van der Waals surface area contributed by atoms with Crippen molar-refractivity contribution >= 4 is 38.6 Å². The largest absolute Gasteiger partial charge is 0.497 e. The zero-order valence-corrected chi connectivity index (χ0v) is 28.4. The summed E-state index contributed by atoms with van der Waals surface area (Å²) in [5.74, 6) is -0.560. The van der Waals surface area contributed by atoms with E-state index < -0.39 is 50.8 Å². The van der Waals surface area contributed by atoms with Crippen molar-refractivity contribution in [3.63, 3.8) is 0 Å². The van der Waals surface area contributed by atoms with E-state index in [0.29, 0.717) is 54.8 Å². The van der Waals surface area contributed by atoms with Crippen LogP contribution in [-0.2, 0) is 24.4 Å². The van der Waals surface area contributed by atoms with E-state index >= 15 is 0 Å². The second kappa shape index (κ2) is 13.2. The fraction of sp³-hybridized carbons (Fsp3) is 0.500. The number of aromatic nitrogens is 1. The summed E-state index contributed by atoms with van der Waals surface area (Å²) in [5, 5.41) is 3.11. The number of hydrogen-bond donors (Lipinski definition) is 3. The van der Waals surface area contributed by atoms with Gasteiger partial charge in [-0.05, 0) is 50.2 Å². The molecule has 2 aliphatic heterocycles. The highest BCUT2D eigenvalue weighted by molar-refractivity contribution is 7.91. The molecule has 0 bridgehead atoms. The summed E-state index contributed by atoms with van der Waals surface area (Å²) in [6.45, 7) is 0.115. The number of nitrogens with zero attached hydrogens (tertiary/aromatic N) is 2. The first-order valence-corrected chi connectivity index (χ1v) is 18.8. The van der Waals surface area contributed by atoms with Crippen molar-refractivity contribution in [3.8, 4) is 22.8 Å². The number of rotatable bonds is 7. The molecular formula is C36H43N5O7S. The molecule has 2 aliphatic carbocycles. The van der Waals surface area contributed by atoms with Gasteiger partial charge in [0.25, 0.3) is 5.91 Å². The molecule has 4 aliphatic rings. The second-order valence-corrected chi connectivity index (χ2v) is 15.8. The maximum absolute atomic E-state index is 14.1. The van der Waals surface area contributed by atoms with Crippen LogP contribution >= 0.6 is 0 Å². The van der Waals surface area contributed by atoms with Gasteiger partial charge in [-0.15, -0.1) is 0 Å². The molecule has 5 atom stereocenters. The van der Waals surface area contributed by atoms with Gasteiger partial charge in [0, 0.05) is 29.5 Å². The van der Waals surface area contributed by atoms with E-state index in [1.807, 2.05) is 54.6 Å². The Bertz CT molecular complexity index is 1870. The fourth-order valence-electron chi connectivity index (χ4n) is 7.31. The monoisotopic (exact) mass is 689 g/mol. The van der Waals surface area contributed by atoms with Crippen LogP contribution in [0.25, 0.3) is 22.2 Å². The maximum atomic E-state index is 14.1. The molecule has 1 aromatic heterocycles. The lowest BCUT2D eigenvalue weighted by atomic mass is 10.0. The van der Waals surface area contributed by atoms with Crippen molar-refractivity contribution < 1.29 is 32.3 Å². The molecule has 49 heavy (non-hydrogen) atoms. The number of methoxy groups -OCH3 is 1. The summed E-state index contributed by atoms with van der Waals surface area (Å²) in [6.07, 6.45) is 5.52. The predicted molar refractivity (Wildman–Crippen MR) is 183 cm³/mol. The number of hydrogen-bond acceptors (Lipinski definition) is 9. The van der Waals surface area contributed by atoms with Crippen LogP contribution in [0.15, 0.2) is 54.6 Å². The molecule has 3 heterocycles.